The first-order chi connectivity index (χ1) is 8.60. The summed E-state index contributed by atoms with van der Waals surface area (Å²) in [6, 6.07) is 7.34. The van der Waals surface area contributed by atoms with Gasteiger partial charge in [0.25, 0.3) is 5.91 Å². The van der Waals surface area contributed by atoms with E-state index in [2.05, 4.69) is 10.3 Å². The molecule has 5 heteroatoms. The summed E-state index contributed by atoms with van der Waals surface area (Å²) >= 11 is 5.90. The van der Waals surface area contributed by atoms with Gasteiger partial charge < -0.3 is 16.0 Å². The third-order valence-corrected chi connectivity index (χ3v) is 3.04. The van der Waals surface area contributed by atoms with Gasteiger partial charge >= 0.3 is 0 Å². The molecule has 1 atom stereocenters. The fourth-order valence-electron chi connectivity index (χ4n) is 1.85. The van der Waals surface area contributed by atoms with Crippen LogP contribution in [0, 0.1) is 0 Å². The van der Waals surface area contributed by atoms with Crippen LogP contribution in [0.5, 0.6) is 0 Å². The number of carbonyl (C=O) groups is 1. The maximum atomic E-state index is 12.0. The van der Waals surface area contributed by atoms with Crippen molar-refractivity contribution in [3.8, 4) is 0 Å². The monoisotopic (exact) mass is 265 g/mol. The molecule has 0 radical (unpaired) electrons. The maximum absolute atomic E-state index is 12.0. The molecule has 1 unspecified atom stereocenters. The average molecular weight is 266 g/mol. The summed E-state index contributed by atoms with van der Waals surface area (Å²) in [7, 11) is 0. The van der Waals surface area contributed by atoms with E-state index in [0.29, 0.717) is 17.3 Å². The molecule has 0 spiro atoms. The lowest BCUT2D eigenvalue weighted by atomic mass is 10.2. The number of aromatic nitrogens is 1. The fraction of sp³-hybridized carbons (Fsp3) is 0.308. The molecule has 0 aliphatic carbocycles. The first-order valence-electron chi connectivity index (χ1n) is 5.89. The first kappa shape index (κ1) is 12.9. The molecule has 0 bridgehead atoms. The number of halogens is 1. The molecule has 96 valence electrons. The lowest BCUT2D eigenvalue weighted by Gasteiger charge is -2.11. The second kappa shape index (κ2) is 5.42. The summed E-state index contributed by atoms with van der Waals surface area (Å²) in [6.07, 6.45) is 0.762. The number of hydrogen-bond acceptors (Lipinski definition) is 2. The highest BCUT2D eigenvalue weighted by atomic mass is 35.5. The molecule has 1 amide bonds. The van der Waals surface area contributed by atoms with Crippen molar-refractivity contribution in [3.05, 3.63) is 35.0 Å². The van der Waals surface area contributed by atoms with Crippen molar-refractivity contribution >= 4 is 28.4 Å². The zero-order chi connectivity index (χ0) is 13.1. The van der Waals surface area contributed by atoms with Crippen molar-refractivity contribution in [2.45, 2.75) is 19.4 Å². The van der Waals surface area contributed by atoms with Crippen LogP contribution >= 0.6 is 11.6 Å². The Morgan fingerprint density at radius 2 is 2.28 bits per heavy atom. The summed E-state index contributed by atoms with van der Waals surface area (Å²) in [6.45, 7) is 2.49. The minimum Gasteiger partial charge on any atom is -0.351 e. The molecule has 0 saturated carbocycles. The second-order valence-corrected chi connectivity index (χ2v) is 4.80. The molecule has 0 aliphatic heterocycles. The number of nitrogens with one attached hydrogen (secondary N) is 2. The van der Waals surface area contributed by atoms with Crippen molar-refractivity contribution < 1.29 is 4.79 Å². The van der Waals surface area contributed by atoms with E-state index in [1.807, 2.05) is 19.1 Å². The molecule has 0 saturated heterocycles. The van der Waals surface area contributed by atoms with Gasteiger partial charge in [0.2, 0.25) is 0 Å². The Balaban J connectivity index is 2.18. The summed E-state index contributed by atoms with van der Waals surface area (Å²) in [4.78, 5) is 15.0. The Hall–Kier alpha value is -1.52. The van der Waals surface area contributed by atoms with E-state index >= 15 is 0 Å². The van der Waals surface area contributed by atoms with Crippen LogP contribution in [0.4, 0.5) is 0 Å². The van der Waals surface area contributed by atoms with Gasteiger partial charge in [-0.2, -0.15) is 0 Å². The van der Waals surface area contributed by atoms with Gasteiger partial charge in [0.05, 0.1) is 0 Å². The van der Waals surface area contributed by atoms with E-state index in [4.69, 9.17) is 17.3 Å². The van der Waals surface area contributed by atoms with Crippen molar-refractivity contribution in [2.75, 3.05) is 6.54 Å². The second-order valence-electron chi connectivity index (χ2n) is 4.37. The van der Waals surface area contributed by atoms with Gasteiger partial charge in [-0.25, -0.2) is 0 Å². The van der Waals surface area contributed by atoms with Crippen molar-refractivity contribution in [1.82, 2.24) is 10.3 Å². The van der Waals surface area contributed by atoms with Crippen LogP contribution in [0.1, 0.15) is 23.8 Å². The van der Waals surface area contributed by atoms with Gasteiger partial charge in [0, 0.05) is 22.0 Å². The number of benzene rings is 1. The number of carbonyl (C=O) groups excluding carboxylic acids is 1. The van der Waals surface area contributed by atoms with Gasteiger partial charge in [-0.05, 0) is 44.2 Å². The number of H-pyrrole nitrogens is 1. The molecule has 0 fully saturated rings. The molecule has 4 nitrogen and oxygen atoms in total. The maximum Gasteiger partial charge on any atom is 0.267 e. The molecular weight excluding hydrogens is 250 g/mol. The van der Waals surface area contributed by atoms with Gasteiger partial charge in [-0.3, -0.25) is 4.79 Å². The van der Waals surface area contributed by atoms with Gasteiger partial charge in [0.15, 0.2) is 0 Å². The number of hydrogen-bond donors (Lipinski definition) is 3. The Kier molecular flexibility index (Phi) is 3.89. The van der Waals surface area contributed by atoms with E-state index in [1.54, 1.807) is 12.1 Å². The lowest BCUT2D eigenvalue weighted by Crippen LogP contribution is -2.34. The Morgan fingerprint density at radius 1 is 1.50 bits per heavy atom. The Morgan fingerprint density at radius 3 is 3.00 bits per heavy atom. The highest BCUT2D eigenvalue weighted by Gasteiger charge is 2.12. The number of aromatic amines is 1. The van der Waals surface area contributed by atoms with Gasteiger partial charge in [-0.1, -0.05) is 11.6 Å². The minimum atomic E-state index is -0.122. The molecule has 18 heavy (non-hydrogen) atoms. The number of rotatable bonds is 4. The van der Waals surface area contributed by atoms with Crippen LogP contribution < -0.4 is 11.1 Å². The van der Waals surface area contributed by atoms with E-state index in [-0.39, 0.29) is 11.9 Å². The zero-order valence-electron chi connectivity index (χ0n) is 10.2. The van der Waals surface area contributed by atoms with E-state index in [0.717, 1.165) is 17.3 Å². The summed E-state index contributed by atoms with van der Waals surface area (Å²) in [5.74, 6) is -0.122. The molecule has 0 aliphatic rings. The molecule has 2 aromatic rings. The molecule has 1 aromatic carbocycles. The van der Waals surface area contributed by atoms with Gasteiger partial charge in [0.1, 0.15) is 5.69 Å². The average Bonchev–Trinajstić information content (AvgIpc) is 2.72. The van der Waals surface area contributed by atoms with E-state index in [1.165, 1.54) is 0 Å². The van der Waals surface area contributed by atoms with Crippen molar-refractivity contribution in [1.29, 1.82) is 0 Å². The number of fused-ring (bicyclic) bond motifs is 1. The number of nitrogens with two attached hydrogens (primary N) is 1. The predicted octanol–water partition coefficient (Wildman–Crippen LogP) is 2.29. The quantitative estimate of drug-likeness (QED) is 0.794. The van der Waals surface area contributed by atoms with Gasteiger partial charge in [-0.15, -0.1) is 0 Å². The highest BCUT2D eigenvalue weighted by Crippen LogP contribution is 2.20. The van der Waals surface area contributed by atoms with Crippen molar-refractivity contribution in [3.63, 3.8) is 0 Å². The van der Waals surface area contributed by atoms with Crippen LogP contribution in [0.3, 0.4) is 0 Å². The Labute approximate surface area is 111 Å². The van der Waals surface area contributed by atoms with Crippen LogP contribution in [0.15, 0.2) is 24.3 Å². The SMILES string of the molecule is CC(CCN)NC(=O)c1cc2cc(Cl)ccc2[nH]1. The first-order valence-corrected chi connectivity index (χ1v) is 6.27. The predicted molar refractivity (Wildman–Crippen MR) is 73.9 cm³/mol. The normalized spacial score (nSPS) is 12.6. The van der Waals surface area contributed by atoms with Crippen LogP contribution in [0.2, 0.25) is 5.02 Å². The molecule has 1 aromatic heterocycles. The van der Waals surface area contributed by atoms with Crippen molar-refractivity contribution in [2.24, 2.45) is 5.73 Å². The standard InChI is InChI=1S/C13H16ClN3O/c1-8(4-5-15)16-13(18)12-7-9-6-10(14)2-3-11(9)17-12/h2-3,6-8,17H,4-5,15H2,1H3,(H,16,18). The van der Waals surface area contributed by atoms with E-state index in [9.17, 15) is 4.79 Å². The number of amides is 1. The molecule has 4 N–H and O–H groups in total. The lowest BCUT2D eigenvalue weighted by molar-refractivity contribution is 0.0934. The Bertz CT molecular complexity index is 564. The summed E-state index contributed by atoms with van der Waals surface area (Å²) in [5.41, 5.74) is 6.89. The van der Waals surface area contributed by atoms with Crippen LogP contribution in [-0.2, 0) is 0 Å². The topological polar surface area (TPSA) is 70.9 Å². The third-order valence-electron chi connectivity index (χ3n) is 2.80. The van der Waals surface area contributed by atoms with E-state index < -0.39 is 0 Å². The highest BCUT2D eigenvalue weighted by molar-refractivity contribution is 6.31. The fourth-order valence-corrected chi connectivity index (χ4v) is 2.03. The van der Waals surface area contributed by atoms with Crippen LogP contribution in [0.25, 0.3) is 10.9 Å². The molecule has 2 rings (SSSR count). The zero-order valence-corrected chi connectivity index (χ0v) is 10.9. The summed E-state index contributed by atoms with van der Waals surface area (Å²) in [5, 5.41) is 4.48. The third kappa shape index (κ3) is 2.83. The van der Waals surface area contributed by atoms with Crippen LogP contribution in [-0.4, -0.2) is 23.5 Å². The smallest absolute Gasteiger partial charge is 0.267 e. The molecule has 1 heterocycles. The minimum absolute atomic E-state index is 0.0671. The largest absolute Gasteiger partial charge is 0.351 e. The molecular formula is C13H16ClN3O. The summed E-state index contributed by atoms with van der Waals surface area (Å²) < 4.78 is 0.